The van der Waals surface area contributed by atoms with Crippen LogP contribution < -0.4 is 0 Å². The highest BCUT2D eigenvalue weighted by atomic mass is 16.5. The number of aromatic nitrogens is 8. The summed E-state index contributed by atoms with van der Waals surface area (Å²) in [7, 11) is 1.66. The minimum Gasteiger partial charge on any atom is -0.508 e. The van der Waals surface area contributed by atoms with E-state index in [9.17, 15) is 10.2 Å². The fourth-order valence-corrected chi connectivity index (χ4v) is 4.35. The highest BCUT2D eigenvalue weighted by Crippen LogP contribution is 2.41. The van der Waals surface area contributed by atoms with Crippen molar-refractivity contribution < 1.29 is 14.9 Å². The molecule has 0 saturated heterocycles. The van der Waals surface area contributed by atoms with Crippen molar-refractivity contribution in [1.82, 2.24) is 40.6 Å². The molecular formula is C28H28N10O3. The molecule has 0 radical (unpaired) electrons. The third kappa shape index (κ3) is 6.31. The van der Waals surface area contributed by atoms with Gasteiger partial charge in [-0.05, 0) is 99.8 Å². The maximum atomic E-state index is 11.1. The number of phenolic OH excluding ortho intramolecular Hbond substituents is 2. The fourth-order valence-electron chi connectivity index (χ4n) is 4.35. The molecule has 3 aromatic carbocycles. The zero-order valence-corrected chi connectivity index (χ0v) is 22.7. The summed E-state index contributed by atoms with van der Waals surface area (Å²) in [5, 5.41) is 53.4. The van der Waals surface area contributed by atoms with Crippen LogP contribution in [0, 0.1) is 13.8 Å². The number of methoxy groups -OCH3 is 1. The van der Waals surface area contributed by atoms with E-state index >= 15 is 0 Å². The maximum absolute atomic E-state index is 11.1. The normalized spacial score (nSPS) is 12.5. The quantitative estimate of drug-likeness (QED) is 0.196. The average Bonchev–Trinajstić information content (AvgIpc) is 3.59. The predicted octanol–water partition coefficient (Wildman–Crippen LogP) is 2.82. The molecule has 2 aromatic heterocycles. The van der Waals surface area contributed by atoms with Crippen molar-refractivity contribution >= 4 is 12.4 Å². The summed E-state index contributed by atoms with van der Waals surface area (Å²) in [5.74, 6) is 0.660. The van der Waals surface area contributed by atoms with Crippen molar-refractivity contribution in [2.75, 3.05) is 13.7 Å². The van der Waals surface area contributed by atoms with Crippen LogP contribution in [0.1, 0.15) is 50.9 Å². The van der Waals surface area contributed by atoms with Crippen LogP contribution >= 0.6 is 0 Å². The van der Waals surface area contributed by atoms with Gasteiger partial charge in [0.25, 0.3) is 0 Å². The Morgan fingerprint density at radius 1 is 0.805 bits per heavy atom. The molecule has 13 nitrogen and oxygen atoms in total. The van der Waals surface area contributed by atoms with E-state index in [1.165, 1.54) is 9.58 Å². The van der Waals surface area contributed by atoms with Gasteiger partial charge >= 0.3 is 0 Å². The number of hydrogen-bond donors (Lipinski definition) is 2. The Hall–Kier alpha value is -5.30. The molecule has 0 aliphatic heterocycles. The molecule has 0 amide bonds. The Morgan fingerprint density at radius 3 is 1.85 bits per heavy atom. The lowest BCUT2D eigenvalue weighted by Gasteiger charge is -2.22. The summed E-state index contributed by atoms with van der Waals surface area (Å²) in [6.45, 7) is 4.05. The van der Waals surface area contributed by atoms with Gasteiger partial charge < -0.3 is 14.9 Å². The highest BCUT2D eigenvalue weighted by Gasteiger charge is 2.24. The number of nitrogens with zero attached hydrogens (tertiary/aromatic N) is 10. The van der Waals surface area contributed by atoms with E-state index < -0.39 is 5.92 Å². The van der Waals surface area contributed by atoms with Crippen molar-refractivity contribution in [1.29, 1.82) is 0 Å². The molecule has 2 N–H and O–H groups in total. The third-order valence-corrected chi connectivity index (χ3v) is 6.44. The van der Waals surface area contributed by atoms with Crippen molar-refractivity contribution in [2.45, 2.75) is 26.2 Å². The minimum absolute atomic E-state index is 0.0656. The Bertz CT molecular complexity index is 1610. The van der Waals surface area contributed by atoms with Gasteiger partial charge in [-0.3, -0.25) is 0 Å². The molecule has 0 aliphatic rings. The van der Waals surface area contributed by atoms with Crippen LogP contribution in [0.4, 0.5) is 0 Å². The molecule has 208 valence electrons. The summed E-state index contributed by atoms with van der Waals surface area (Å²) in [5.41, 5.74) is 4.50. The monoisotopic (exact) mass is 552 g/mol. The van der Waals surface area contributed by atoms with E-state index in [1.807, 2.05) is 30.3 Å². The van der Waals surface area contributed by atoms with Gasteiger partial charge in [0, 0.05) is 24.2 Å². The van der Waals surface area contributed by atoms with Gasteiger partial charge in [-0.2, -0.15) is 10.2 Å². The molecule has 41 heavy (non-hydrogen) atoms. The Balaban J connectivity index is 1.61. The van der Waals surface area contributed by atoms with E-state index in [1.54, 1.807) is 57.7 Å². The molecule has 0 atom stereocenters. The van der Waals surface area contributed by atoms with Crippen LogP contribution in [0.3, 0.4) is 0 Å². The van der Waals surface area contributed by atoms with Crippen molar-refractivity contribution in [3.05, 3.63) is 106 Å². The largest absolute Gasteiger partial charge is 0.508 e. The molecule has 0 aliphatic carbocycles. The zero-order chi connectivity index (χ0) is 28.8. The number of benzene rings is 3. The smallest absolute Gasteiger partial charge is 0.173 e. The third-order valence-electron chi connectivity index (χ3n) is 6.44. The van der Waals surface area contributed by atoms with Crippen LogP contribution in [0.15, 0.2) is 70.9 Å². The molecule has 0 fully saturated rings. The van der Waals surface area contributed by atoms with Gasteiger partial charge in [-0.25, -0.2) is 0 Å². The summed E-state index contributed by atoms with van der Waals surface area (Å²) < 4.78 is 5.28. The van der Waals surface area contributed by atoms with Crippen LogP contribution in [0.25, 0.3) is 0 Å². The minimum atomic E-state index is -0.538. The van der Waals surface area contributed by atoms with E-state index in [-0.39, 0.29) is 11.5 Å². The van der Waals surface area contributed by atoms with E-state index in [2.05, 4.69) is 47.3 Å². The van der Waals surface area contributed by atoms with Crippen LogP contribution in [0.5, 0.6) is 11.5 Å². The molecule has 0 saturated carbocycles. The van der Waals surface area contributed by atoms with Gasteiger partial charge in [0.05, 0.1) is 19.0 Å². The maximum Gasteiger partial charge on any atom is 0.173 e. The number of phenols is 2. The Labute approximate surface area is 235 Å². The second-order valence-corrected chi connectivity index (χ2v) is 9.28. The number of tetrazole rings is 2. The SMILES string of the molecule is COCCc1cccc(C(c2cc(C=Nn3nnnc3C)ccc2O)c2cc(C=Nn3nnnc3C)ccc2O)c1. The van der Waals surface area contributed by atoms with E-state index in [4.69, 9.17) is 4.74 Å². The molecule has 5 rings (SSSR count). The number of aromatic hydroxyl groups is 2. The highest BCUT2D eigenvalue weighted by molar-refractivity contribution is 5.82. The van der Waals surface area contributed by atoms with Crippen molar-refractivity contribution in [3.63, 3.8) is 0 Å². The summed E-state index contributed by atoms with van der Waals surface area (Å²) in [6.07, 6.45) is 3.93. The lowest BCUT2D eigenvalue weighted by Crippen LogP contribution is -2.07. The van der Waals surface area contributed by atoms with Crippen LogP contribution in [-0.2, 0) is 11.2 Å². The van der Waals surface area contributed by atoms with Gasteiger partial charge in [0.15, 0.2) is 11.6 Å². The number of hydrogen-bond acceptors (Lipinski definition) is 11. The summed E-state index contributed by atoms with van der Waals surface area (Å²) >= 11 is 0. The van der Waals surface area contributed by atoms with Crippen molar-refractivity contribution in [2.24, 2.45) is 10.2 Å². The number of rotatable bonds is 10. The second kappa shape index (κ2) is 12.3. The predicted molar refractivity (Wildman–Crippen MR) is 150 cm³/mol. The average molecular weight is 553 g/mol. The lowest BCUT2D eigenvalue weighted by atomic mass is 9.82. The number of aryl methyl sites for hydroxylation is 2. The van der Waals surface area contributed by atoms with Gasteiger partial charge in [0.1, 0.15) is 11.5 Å². The Kier molecular flexibility index (Phi) is 8.15. The topological polar surface area (TPSA) is 162 Å². The van der Waals surface area contributed by atoms with E-state index in [0.29, 0.717) is 46.9 Å². The van der Waals surface area contributed by atoms with Gasteiger partial charge in [-0.15, -0.1) is 19.8 Å². The molecule has 5 aromatic rings. The summed E-state index contributed by atoms with van der Waals surface area (Å²) in [6, 6.07) is 18.4. The van der Waals surface area contributed by atoms with Gasteiger partial charge in [-0.1, -0.05) is 24.3 Å². The Morgan fingerprint density at radius 2 is 1.37 bits per heavy atom. The summed E-state index contributed by atoms with van der Waals surface area (Å²) in [4.78, 5) is 2.62. The molecule has 0 unspecified atom stereocenters. The first-order valence-corrected chi connectivity index (χ1v) is 12.7. The van der Waals surface area contributed by atoms with E-state index in [0.717, 1.165) is 11.1 Å². The van der Waals surface area contributed by atoms with Crippen LogP contribution in [0.2, 0.25) is 0 Å². The molecule has 2 heterocycles. The molecule has 0 bridgehead atoms. The molecule has 0 spiro atoms. The first kappa shape index (κ1) is 27.3. The molecule has 13 heteroatoms. The fraction of sp³-hybridized carbons (Fsp3) is 0.214. The lowest BCUT2D eigenvalue weighted by molar-refractivity contribution is 0.202. The van der Waals surface area contributed by atoms with Crippen molar-refractivity contribution in [3.8, 4) is 11.5 Å². The zero-order valence-electron chi connectivity index (χ0n) is 22.7. The second-order valence-electron chi connectivity index (χ2n) is 9.28. The molecular weight excluding hydrogens is 524 g/mol. The number of ether oxygens (including phenoxy) is 1. The first-order valence-electron chi connectivity index (χ1n) is 12.7. The van der Waals surface area contributed by atoms with Crippen LogP contribution in [-0.4, -0.2) is 77.0 Å². The first-order chi connectivity index (χ1) is 19.9. The van der Waals surface area contributed by atoms with Gasteiger partial charge in [0.2, 0.25) is 0 Å². The standard InChI is InChI=1S/C28H28N10O3/c1-18-31-33-35-37(18)29-16-21-7-9-26(39)24(14-21)28(23-6-4-5-20(13-23)11-12-41-3)25-15-22(8-10-27(25)40)17-30-38-19(2)32-34-36-38/h4-10,13-17,28,39-40H,11-12H2,1-3H3.